The molecule has 2 aromatic carbocycles. The molecule has 0 aliphatic heterocycles. The van der Waals surface area contributed by atoms with Gasteiger partial charge >= 0.3 is 12.1 Å². The number of rotatable bonds is 5. The standard InChI is InChI=1S/C24H18ClN5.C2HF3O2/c25-21-9-5-4-8-19(21)15-30-16-20(13-28-30)18-10-11-26-22(12-18)24-27-14-23(29-24)17-6-2-1-3-7-17;3-2(4,5)1(6)7/h1-14,16H,15H2,(H,27,29);(H,6,7). The molecule has 0 bridgehead atoms. The molecule has 7 nitrogen and oxygen atoms in total. The van der Waals surface area contributed by atoms with Gasteiger partial charge in [-0.15, -0.1) is 0 Å². The molecule has 0 saturated carbocycles. The van der Waals surface area contributed by atoms with Crippen molar-refractivity contribution in [2.24, 2.45) is 0 Å². The second-order valence-corrected chi connectivity index (χ2v) is 8.17. The van der Waals surface area contributed by atoms with Crippen LogP contribution in [0.25, 0.3) is 33.9 Å². The van der Waals surface area contributed by atoms with E-state index in [2.05, 4.69) is 32.2 Å². The molecule has 0 fully saturated rings. The van der Waals surface area contributed by atoms with E-state index in [1.54, 1.807) is 6.20 Å². The van der Waals surface area contributed by atoms with Gasteiger partial charge in [-0.3, -0.25) is 9.67 Å². The van der Waals surface area contributed by atoms with Crippen molar-refractivity contribution < 1.29 is 23.1 Å². The molecule has 0 radical (unpaired) electrons. The first-order valence-electron chi connectivity index (χ1n) is 10.8. The van der Waals surface area contributed by atoms with E-state index in [0.717, 1.165) is 44.5 Å². The maximum Gasteiger partial charge on any atom is 0.490 e. The third-order valence-corrected chi connectivity index (χ3v) is 5.53. The monoisotopic (exact) mass is 525 g/mol. The molecule has 0 atom stereocenters. The van der Waals surface area contributed by atoms with Gasteiger partial charge in [0.1, 0.15) is 5.69 Å². The highest BCUT2D eigenvalue weighted by molar-refractivity contribution is 6.31. The highest BCUT2D eigenvalue weighted by Gasteiger charge is 2.38. The SMILES string of the molecule is Clc1ccccc1Cn1cc(-c2ccnc(-c3ncc(-c4ccccc4)[nH]3)c2)cn1.O=C(O)C(F)(F)F. The molecule has 0 aliphatic rings. The van der Waals surface area contributed by atoms with E-state index in [-0.39, 0.29) is 0 Å². The molecule has 3 heterocycles. The van der Waals surface area contributed by atoms with E-state index in [0.29, 0.717) is 6.54 Å². The van der Waals surface area contributed by atoms with Gasteiger partial charge < -0.3 is 10.1 Å². The first kappa shape index (κ1) is 25.6. The smallest absolute Gasteiger partial charge is 0.475 e. The average Bonchev–Trinajstić information content (AvgIpc) is 3.56. The lowest BCUT2D eigenvalue weighted by molar-refractivity contribution is -0.192. The lowest BCUT2D eigenvalue weighted by atomic mass is 10.1. The number of H-pyrrole nitrogens is 1. The molecule has 5 aromatic rings. The molecule has 0 amide bonds. The number of nitrogens with one attached hydrogen (secondary N) is 1. The number of hydrogen-bond acceptors (Lipinski definition) is 4. The number of alkyl halides is 3. The van der Waals surface area contributed by atoms with E-state index in [1.807, 2.05) is 77.9 Å². The minimum atomic E-state index is -5.08. The van der Waals surface area contributed by atoms with Crippen LogP contribution in [0.4, 0.5) is 13.2 Å². The van der Waals surface area contributed by atoms with E-state index in [9.17, 15) is 13.2 Å². The zero-order valence-electron chi connectivity index (χ0n) is 19.0. The van der Waals surface area contributed by atoms with Crippen LogP contribution in [0.5, 0.6) is 0 Å². The Bertz CT molecular complexity index is 1500. The van der Waals surface area contributed by atoms with Crippen LogP contribution >= 0.6 is 11.6 Å². The summed E-state index contributed by atoms with van der Waals surface area (Å²) >= 11 is 6.27. The topological polar surface area (TPSA) is 96.7 Å². The van der Waals surface area contributed by atoms with Crippen molar-refractivity contribution in [3.05, 3.63) is 102 Å². The van der Waals surface area contributed by atoms with Crippen molar-refractivity contribution in [3.8, 4) is 33.9 Å². The van der Waals surface area contributed by atoms with Gasteiger partial charge in [0.15, 0.2) is 5.82 Å². The van der Waals surface area contributed by atoms with Crippen molar-refractivity contribution in [1.29, 1.82) is 0 Å². The number of pyridine rings is 1. The van der Waals surface area contributed by atoms with E-state index < -0.39 is 12.1 Å². The summed E-state index contributed by atoms with van der Waals surface area (Å²) in [5.41, 5.74) is 5.92. The minimum absolute atomic E-state index is 0.621. The molecule has 11 heteroatoms. The highest BCUT2D eigenvalue weighted by atomic mass is 35.5. The maximum atomic E-state index is 10.6. The summed E-state index contributed by atoms with van der Waals surface area (Å²) in [6, 6.07) is 21.9. The van der Waals surface area contributed by atoms with Gasteiger partial charge in [0.05, 0.1) is 24.6 Å². The van der Waals surface area contributed by atoms with Crippen molar-refractivity contribution in [2.45, 2.75) is 12.7 Å². The molecule has 37 heavy (non-hydrogen) atoms. The molecule has 0 spiro atoms. The number of carboxylic acids is 1. The number of carboxylic acid groups (broad SMARTS) is 1. The molecule has 5 rings (SSSR count). The number of benzene rings is 2. The second kappa shape index (κ2) is 11.1. The van der Waals surface area contributed by atoms with Crippen LogP contribution in [-0.4, -0.2) is 42.0 Å². The molecule has 0 saturated heterocycles. The Labute approximate surface area is 214 Å². The third-order valence-electron chi connectivity index (χ3n) is 5.16. The predicted molar refractivity (Wildman–Crippen MR) is 133 cm³/mol. The Morgan fingerprint density at radius 1 is 0.946 bits per heavy atom. The summed E-state index contributed by atoms with van der Waals surface area (Å²) in [4.78, 5) is 21.3. The largest absolute Gasteiger partial charge is 0.490 e. The van der Waals surface area contributed by atoms with Crippen LogP contribution in [0.15, 0.2) is 91.5 Å². The number of hydrogen-bond donors (Lipinski definition) is 2. The fourth-order valence-corrected chi connectivity index (χ4v) is 3.55. The van der Waals surface area contributed by atoms with Gasteiger partial charge in [0.2, 0.25) is 0 Å². The number of aromatic nitrogens is 5. The predicted octanol–water partition coefficient (Wildman–Crippen LogP) is 6.34. The number of nitrogens with zero attached hydrogens (tertiary/aromatic N) is 4. The van der Waals surface area contributed by atoms with Crippen molar-refractivity contribution in [1.82, 2.24) is 24.7 Å². The zero-order valence-corrected chi connectivity index (χ0v) is 19.8. The zero-order chi connectivity index (χ0) is 26.4. The van der Waals surface area contributed by atoms with Crippen molar-refractivity contribution in [2.75, 3.05) is 0 Å². The van der Waals surface area contributed by atoms with Crippen LogP contribution in [0.2, 0.25) is 5.02 Å². The quantitative estimate of drug-likeness (QED) is 0.279. The normalized spacial score (nSPS) is 11.0. The van der Waals surface area contributed by atoms with E-state index >= 15 is 0 Å². The van der Waals surface area contributed by atoms with Crippen molar-refractivity contribution in [3.63, 3.8) is 0 Å². The summed E-state index contributed by atoms with van der Waals surface area (Å²) < 4.78 is 33.6. The summed E-state index contributed by atoms with van der Waals surface area (Å²) in [5.74, 6) is -2.02. The Kier molecular flexibility index (Phi) is 7.69. The fraction of sp³-hybridized carbons (Fsp3) is 0.0769. The number of halogens is 4. The number of imidazole rings is 1. The Morgan fingerprint density at radius 3 is 2.35 bits per heavy atom. The fourth-order valence-electron chi connectivity index (χ4n) is 3.36. The summed E-state index contributed by atoms with van der Waals surface area (Å²) in [6.45, 7) is 0.621. The van der Waals surface area contributed by atoms with Crippen molar-refractivity contribution >= 4 is 17.6 Å². The average molecular weight is 526 g/mol. The number of aliphatic carboxylic acids is 1. The molecular formula is C26H19ClF3N5O2. The second-order valence-electron chi connectivity index (χ2n) is 7.76. The van der Waals surface area contributed by atoms with Gasteiger partial charge in [-0.05, 0) is 34.9 Å². The minimum Gasteiger partial charge on any atom is -0.475 e. The van der Waals surface area contributed by atoms with Crippen LogP contribution in [0.3, 0.4) is 0 Å². The molecular weight excluding hydrogens is 507 g/mol. The third kappa shape index (κ3) is 6.62. The molecule has 2 N–H and O–H groups in total. The van der Waals surface area contributed by atoms with Gasteiger partial charge in [-0.1, -0.05) is 60.1 Å². The first-order chi connectivity index (χ1) is 17.7. The summed E-state index contributed by atoms with van der Waals surface area (Å²) in [6.07, 6.45) is 2.41. The molecule has 0 aliphatic carbocycles. The first-order valence-corrected chi connectivity index (χ1v) is 11.2. The summed E-state index contributed by atoms with van der Waals surface area (Å²) in [7, 11) is 0. The lowest BCUT2D eigenvalue weighted by Crippen LogP contribution is -2.21. The Hall–Kier alpha value is -4.44. The number of carbonyl (C=O) groups is 1. The maximum absolute atomic E-state index is 10.6. The van der Waals surface area contributed by atoms with E-state index in [4.69, 9.17) is 21.5 Å². The molecule has 3 aromatic heterocycles. The van der Waals surface area contributed by atoms with Crippen LogP contribution in [-0.2, 0) is 11.3 Å². The summed E-state index contributed by atoms with van der Waals surface area (Å²) in [5, 5.41) is 12.4. The van der Waals surface area contributed by atoms with Gasteiger partial charge in [-0.25, -0.2) is 9.78 Å². The van der Waals surface area contributed by atoms with Crippen LogP contribution < -0.4 is 0 Å². The lowest BCUT2D eigenvalue weighted by Gasteiger charge is -2.04. The van der Waals surface area contributed by atoms with Crippen LogP contribution in [0, 0.1) is 0 Å². The van der Waals surface area contributed by atoms with E-state index in [1.165, 1.54) is 0 Å². The molecule has 188 valence electrons. The van der Waals surface area contributed by atoms with Gasteiger partial charge in [0, 0.05) is 23.0 Å². The molecule has 0 unspecified atom stereocenters. The van der Waals surface area contributed by atoms with Gasteiger partial charge in [0.25, 0.3) is 0 Å². The van der Waals surface area contributed by atoms with Gasteiger partial charge in [-0.2, -0.15) is 18.3 Å². The highest BCUT2D eigenvalue weighted by Crippen LogP contribution is 2.25. The van der Waals surface area contributed by atoms with Crippen LogP contribution in [0.1, 0.15) is 5.56 Å². The Morgan fingerprint density at radius 2 is 1.65 bits per heavy atom. The Balaban J connectivity index is 0.000000405. The number of aromatic amines is 1.